The fourth-order valence-corrected chi connectivity index (χ4v) is 2.42. The molecule has 3 aliphatic heterocycles. The fraction of sp³-hybridized carbons (Fsp3) is 1.00. The number of piperidine rings is 3. The van der Waals surface area contributed by atoms with Crippen molar-refractivity contribution < 1.29 is 4.74 Å². The third-order valence-corrected chi connectivity index (χ3v) is 3.28. The molecule has 2 N–H and O–H groups in total. The van der Waals surface area contributed by atoms with Crippen LogP contribution < -0.4 is 5.73 Å². The Hall–Kier alpha value is -0.120. The predicted octanol–water partition coefficient (Wildman–Crippen LogP) is 0.446. The molecule has 76 valence electrons. The minimum atomic E-state index is 0.508. The van der Waals surface area contributed by atoms with Gasteiger partial charge >= 0.3 is 0 Å². The zero-order valence-electron chi connectivity index (χ0n) is 8.24. The summed E-state index contributed by atoms with van der Waals surface area (Å²) < 4.78 is 5.84. The molecule has 1 atom stereocenters. The van der Waals surface area contributed by atoms with Crippen LogP contribution in [0.15, 0.2) is 0 Å². The minimum absolute atomic E-state index is 0.508. The smallest absolute Gasteiger partial charge is 0.0731 e. The maximum absolute atomic E-state index is 5.84. The first-order valence-corrected chi connectivity index (χ1v) is 5.44. The van der Waals surface area contributed by atoms with Crippen molar-refractivity contribution in [2.24, 2.45) is 11.7 Å². The van der Waals surface area contributed by atoms with Crippen LogP contribution >= 0.6 is 0 Å². The molecule has 0 saturated carbocycles. The molecule has 2 bridgehead atoms. The third-order valence-electron chi connectivity index (χ3n) is 3.28. The highest BCUT2D eigenvalue weighted by molar-refractivity contribution is 4.87. The van der Waals surface area contributed by atoms with Crippen molar-refractivity contribution in [3.8, 4) is 0 Å². The molecule has 13 heavy (non-hydrogen) atoms. The van der Waals surface area contributed by atoms with Crippen molar-refractivity contribution in [2.45, 2.75) is 25.4 Å². The monoisotopic (exact) mass is 184 g/mol. The summed E-state index contributed by atoms with van der Waals surface area (Å²) in [6.45, 7) is 5.35. The Balaban J connectivity index is 1.74. The number of nitrogens with zero attached hydrogens (tertiary/aromatic N) is 1. The van der Waals surface area contributed by atoms with Crippen molar-refractivity contribution in [3.63, 3.8) is 0 Å². The molecule has 0 aromatic heterocycles. The molecule has 1 unspecified atom stereocenters. The number of hydrogen-bond acceptors (Lipinski definition) is 3. The van der Waals surface area contributed by atoms with Crippen molar-refractivity contribution in [2.75, 3.05) is 32.8 Å². The fourth-order valence-electron chi connectivity index (χ4n) is 2.42. The van der Waals surface area contributed by atoms with E-state index in [1.807, 2.05) is 0 Å². The van der Waals surface area contributed by atoms with Crippen LogP contribution in [0.1, 0.15) is 19.3 Å². The van der Waals surface area contributed by atoms with Crippen LogP contribution in [0.5, 0.6) is 0 Å². The lowest BCUT2D eigenvalue weighted by Crippen LogP contribution is -2.51. The molecule has 0 aromatic rings. The van der Waals surface area contributed by atoms with Gasteiger partial charge in [0.2, 0.25) is 0 Å². The van der Waals surface area contributed by atoms with Gasteiger partial charge in [-0.15, -0.1) is 0 Å². The molecular weight excluding hydrogens is 164 g/mol. The standard InChI is InChI=1S/C10H20N2O/c11-4-1-7-13-10-8-12-5-2-9(10)3-6-12/h9-10H,1-8,11H2. The molecule has 3 nitrogen and oxygen atoms in total. The lowest BCUT2D eigenvalue weighted by molar-refractivity contribution is -0.0693. The van der Waals surface area contributed by atoms with E-state index in [2.05, 4.69) is 4.90 Å². The van der Waals surface area contributed by atoms with Gasteiger partial charge < -0.3 is 15.4 Å². The Morgan fingerprint density at radius 2 is 2.08 bits per heavy atom. The molecule has 3 saturated heterocycles. The van der Waals surface area contributed by atoms with Gasteiger partial charge in [-0.05, 0) is 44.8 Å². The van der Waals surface area contributed by atoms with E-state index in [1.165, 1.54) is 25.9 Å². The topological polar surface area (TPSA) is 38.5 Å². The molecule has 0 spiro atoms. The Morgan fingerprint density at radius 3 is 2.62 bits per heavy atom. The zero-order chi connectivity index (χ0) is 9.10. The highest BCUT2D eigenvalue weighted by atomic mass is 16.5. The Labute approximate surface area is 80.2 Å². The van der Waals surface area contributed by atoms with E-state index in [0.717, 1.165) is 32.0 Å². The molecule has 3 aliphatic rings. The van der Waals surface area contributed by atoms with Crippen LogP contribution in [-0.2, 0) is 4.74 Å². The van der Waals surface area contributed by atoms with Crippen LogP contribution in [-0.4, -0.2) is 43.8 Å². The van der Waals surface area contributed by atoms with Gasteiger partial charge in [-0.2, -0.15) is 0 Å². The number of ether oxygens (including phenoxy) is 1. The summed E-state index contributed by atoms with van der Waals surface area (Å²) in [7, 11) is 0. The lowest BCUT2D eigenvalue weighted by atomic mass is 9.86. The van der Waals surface area contributed by atoms with Crippen LogP contribution in [0.3, 0.4) is 0 Å². The van der Waals surface area contributed by atoms with Gasteiger partial charge in [0.1, 0.15) is 0 Å². The van der Waals surface area contributed by atoms with Gasteiger partial charge in [0.15, 0.2) is 0 Å². The van der Waals surface area contributed by atoms with Gasteiger partial charge in [-0.3, -0.25) is 0 Å². The summed E-state index contributed by atoms with van der Waals surface area (Å²) in [5, 5.41) is 0. The van der Waals surface area contributed by atoms with E-state index in [-0.39, 0.29) is 0 Å². The average molecular weight is 184 g/mol. The maximum Gasteiger partial charge on any atom is 0.0731 e. The molecule has 0 aromatic carbocycles. The van der Waals surface area contributed by atoms with Gasteiger partial charge in [0, 0.05) is 13.2 Å². The lowest BCUT2D eigenvalue weighted by Gasteiger charge is -2.44. The number of rotatable bonds is 4. The van der Waals surface area contributed by atoms with Crippen LogP contribution in [0.4, 0.5) is 0 Å². The molecule has 0 radical (unpaired) electrons. The summed E-state index contributed by atoms with van der Waals surface area (Å²) in [5.74, 6) is 0.836. The van der Waals surface area contributed by atoms with E-state index in [9.17, 15) is 0 Å². The van der Waals surface area contributed by atoms with E-state index >= 15 is 0 Å². The maximum atomic E-state index is 5.84. The first-order valence-electron chi connectivity index (χ1n) is 5.44. The van der Waals surface area contributed by atoms with Crippen LogP contribution in [0.25, 0.3) is 0 Å². The van der Waals surface area contributed by atoms with E-state index in [1.54, 1.807) is 0 Å². The summed E-state index contributed by atoms with van der Waals surface area (Å²) in [4.78, 5) is 2.52. The summed E-state index contributed by atoms with van der Waals surface area (Å²) in [6.07, 6.45) is 4.19. The van der Waals surface area contributed by atoms with Gasteiger partial charge in [0.05, 0.1) is 6.10 Å². The third kappa shape index (κ3) is 2.22. The predicted molar refractivity (Wildman–Crippen MR) is 52.6 cm³/mol. The summed E-state index contributed by atoms with van der Waals surface area (Å²) in [5.41, 5.74) is 5.43. The summed E-state index contributed by atoms with van der Waals surface area (Å²) >= 11 is 0. The van der Waals surface area contributed by atoms with Crippen molar-refractivity contribution in [1.82, 2.24) is 4.90 Å². The Morgan fingerprint density at radius 1 is 1.31 bits per heavy atom. The molecule has 3 rings (SSSR count). The van der Waals surface area contributed by atoms with Crippen molar-refractivity contribution in [1.29, 1.82) is 0 Å². The Kier molecular flexibility index (Phi) is 3.19. The van der Waals surface area contributed by atoms with E-state index in [4.69, 9.17) is 10.5 Å². The molecule has 3 heterocycles. The first-order chi connectivity index (χ1) is 6.40. The second-order valence-electron chi connectivity index (χ2n) is 4.19. The normalized spacial score (nSPS) is 38.1. The number of fused-ring (bicyclic) bond motifs is 3. The quantitative estimate of drug-likeness (QED) is 0.645. The molecular formula is C10H20N2O. The second kappa shape index (κ2) is 4.40. The highest BCUT2D eigenvalue weighted by Crippen LogP contribution is 2.29. The van der Waals surface area contributed by atoms with Gasteiger partial charge in [-0.1, -0.05) is 0 Å². The van der Waals surface area contributed by atoms with E-state index in [0.29, 0.717) is 6.10 Å². The minimum Gasteiger partial charge on any atom is -0.377 e. The second-order valence-corrected chi connectivity index (χ2v) is 4.19. The largest absolute Gasteiger partial charge is 0.377 e. The van der Waals surface area contributed by atoms with E-state index < -0.39 is 0 Å². The molecule has 3 heteroatoms. The molecule has 0 amide bonds. The Bertz CT molecular complexity index is 155. The zero-order valence-corrected chi connectivity index (χ0v) is 8.24. The number of nitrogens with two attached hydrogens (primary N) is 1. The van der Waals surface area contributed by atoms with Gasteiger partial charge in [-0.25, -0.2) is 0 Å². The number of hydrogen-bond donors (Lipinski definition) is 1. The van der Waals surface area contributed by atoms with Crippen LogP contribution in [0, 0.1) is 5.92 Å². The molecule has 3 fully saturated rings. The molecule has 0 aliphatic carbocycles. The average Bonchev–Trinajstić information content (AvgIpc) is 2.20. The van der Waals surface area contributed by atoms with Crippen molar-refractivity contribution >= 4 is 0 Å². The van der Waals surface area contributed by atoms with Gasteiger partial charge in [0.25, 0.3) is 0 Å². The van der Waals surface area contributed by atoms with Crippen molar-refractivity contribution in [3.05, 3.63) is 0 Å². The SMILES string of the molecule is NCCCOC1CN2CCC1CC2. The highest BCUT2D eigenvalue weighted by Gasteiger charge is 2.34. The van der Waals surface area contributed by atoms with Crippen LogP contribution in [0.2, 0.25) is 0 Å². The summed E-state index contributed by atoms with van der Waals surface area (Å²) in [6, 6.07) is 0. The first kappa shape index (κ1) is 9.44.